The first-order valence-corrected chi connectivity index (χ1v) is 9.62. The number of nitrogens with zero attached hydrogens (tertiary/aromatic N) is 2. The summed E-state index contributed by atoms with van der Waals surface area (Å²) in [7, 11) is 0. The molecule has 158 valence electrons. The second-order valence-electron chi connectivity index (χ2n) is 6.86. The molecule has 0 saturated carbocycles. The highest BCUT2D eigenvalue weighted by molar-refractivity contribution is 6.06. The Bertz CT molecular complexity index is 1270. The average molecular weight is 426 g/mol. The standard InChI is InChI=1S/C24H18N4O4/c29-21-6-2-1-5-19(21)24(31)27-22-13-18(23(30)28-32)12-20(26-22)16-9-7-15(8-10-16)17-4-3-11-25-14-17/h1-14,29,32H,(H,28,30)(H,26,27,31). The maximum atomic E-state index is 12.6. The van der Waals surface area contributed by atoms with E-state index in [9.17, 15) is 14.7 Å². The molecular weight excluding hydrogens is 408 g/mol. The molecule has 32 heavy (non-hydrogen) atoms. The number of phenolic OH excluding ortho intramolecular Hbond substituents is 1. The van der Waals surface area contributed by atoms with Crippen LogP contribution in [0.15, 0.2) is 85.2 Å². The molecule has 2 aromatic heterocycles. The van der Waals surface area contributed by atoms with Crippen LogP contribution in [-0.4, -0.2) is 32.1 Å². The van der Waals surface area contributed by atoms with E-state index in [0.717, 1.165) is 11.1 Å². The average Bonchev–Trinajstić information content (AvgIpc) is 2.84. The molecule has 0 aliphatic heterocycles. The zero-order valence-corrected chi connectivity index (χ0v) is 16.7. The number of rotatable bonds is 5. The SMILES string of the molecule is O=C(NO)c1cc(NC(=O)c2ccccc2O)nc(-c2ccc(-c3cccnc3)cc2)c1. The van der Waals surface area contributed by atoms with Crippen molar-refractivity contribution in [3.8, 4) is 28.1 Å². The third kappa shape index (κ3) is 4.45. The van der Waals surface area contributed by atoms with Gasteiger partial charge in [-0.25, -0.2) is 10.5 Å². The Balaban J connectivity index is 1.68. The van der Waals surface area contributed by atoms with Gasteiger partial charge >= 0.3 is 0 Å². The molecule has 0 aliphatic rings. The molecule has 2 aromatic carbocycles. The van der Waals surface area contributed by atoms with Crippen molar-refractivity contribution in [1.82, 2.24) is 15.4 Å². The predicted molar refractivity (Wildman–Crippen MR) is 118 cm³/mol. The van der Waals surface area contributed by atoms with Gasteiger partial charge in [-0.1, -0.05) is 42.5 Å². The van der Waals surface area contributed by atoms with Gasteiger partial charge in [0.25, 0.3) is 11.8 Å². The van der Waals surface area contributed by atoms with E-state index < -0.39 is 11.8 Å². The Labute approximate surface area is 183 Å². The van der Waals surface area contributed by atoms with Crippen molar-refractivity contribution < 1.29 is 19.9 Å². The van der Waals surface area contributed by atoms with Crippen molar-refractivity contribution in [1.29, 1.82) is 0 Å². The summed E-state index contributed by atoms with van der Waals surface area (Å²) >= 11 is 0. The number of hydrogen-bond donors (Lipinski definition) is 4. The van der Waals surface area contributed by atoms with Crippen LogP contribution < -0.4 is 10.8 Å². The summed E-state index contributed by atoms with van der Waals surface area (Å²) in [6, 6.07) is 20.2. The molecule has 2 amide bonds. The van der Waals surface area contributed by atoms with Crippen molar-refractivity contribution in [2.24, 2.45) is 0 Å². The highest BCUT2D eigenvalue weighted by Crippen LogP contribution is 2.26. The van der Waals surface area contributed by atoms with E-state index in [4.69, 9.17) is 5.21 Å². The maximum Gasteiger partial charge on any atom is 0.274 e. The minimum absolute atomic E-state index is 0.0636. The molecule has 2 heterocycles. The highest BCUT2D eigenvalue weighted by atomic mass is 16.5. The van der Waals surface area contributed by atoms with E-state index in [1.165, 1.54) is 24.3 Å². The van der Waals surface area contributed by atoms with Gasteiger partial charge in [0.15, 0.2) is 0 Å². The van der Waals surface area contributed by atoms with Crippen molar-refractivity contribution in [3.05, 3.63) is 96.3 Å². The van der Waals surface area contributed by atoms with Gasteiger partial charge in [0.05, 0.1) is 11.3 Å². The number of carbonyl (C=O) groups is 2. The van der Waals surface area contributed by atoms with Gasteiger partial charge in [-0.15, -0.1) is 0 Å². The van der Waals surface area contributed by atoms with Crippen LogP contribution in [0, 0.1) is 0 Å². The summed E-state index contributed by atoms with van der Waals surface area (Å²) in [5, 5.41) is 21.5. The second kappa shape index (κ2) is 9.07. The molecular formula is C24H18N4O4. The second-order valence-corrected chi connectivity index (χ2v) is 6.86. The van der Waals surface area contributed by atoms with Crippen molar-refractivity contribution in [2.75, 3.05) is 5.32 Å². The van der Waals surface area contributed by atoms with Gasteiger partial charge in [0.2, 0.25) is 0 Å². The monoisotopic (exact) mass is 426 g/mol. The maximum absolute atomic E-state index is 12.6. The summed E-state index contributed by atoms with van der Waals surface area (Å²) in [4.78, 5) is 33.2. The molecule has 8 heteroatoms. The van der Waals surface area contributed by atoms with Gasteiger partial charge in [-0.2, -0.15) is 0 Å². The summed E-state index contributed by atoms with van der Waals surface area (Å²) in [6.45, 7) is 0. The minimum Gasteiger partial charge on any atom is -0.507 e. The molecule has 0 unspecified atom stereocenters. The fourth-order valence-electron chi connectivity index (χ4n) is 3.15. The van der Waals surface area contributed by atoms with Crippen LogP contribution in [-0.2, 0) is 0 Å². The normalized spacial score (nSPS) is 10.4. The molecule has 0 radical (unpaired) electrons. The van der Waals surface area contributed by atoms with Crippen LogP contribution in [0.25, 0.3) is 22.4 Å². The van der Waals surface area contributed by atoms with Crippen LogP contribution in [0.2, 0.25) is 0 Å². The minimum atomic E-state index is -0.751. The van der Waals surface area contributed by atoms with Gasteiger partial charge in [0.1, 0.15) is 11.6 Å². The van der Waals surface area contributed by atoms with Crippen LogP contribution in [0.1, 0.15) is 20.7 Å². The van der Waals surface area contributed by atoms with Gasteiger partial charge in [0, 0.05) is 23.5 Å². The number of nitrogens with one attached hydrogen (secondary N) is 2. The number of hydroxylamine groups is 1. The van der Waals surface area contributed by atoms with Crippen molar-refractivity contribution in [2.45, 2.75) is 0 Å². The third-order valence-electron chi connectivity index (χ3n) is 4.75. The first kappa shape index (κ1) is 20.7. The lowest BCUT2D eigenvalue weighted by molar-refractivity contribution is 0.0706. The van der Waals surface area contributed by atoms with E-state index in [-0.39, 0.29) is 22.7 Å². The molecule has 0 aliphatic carbocycles. The molecule has 4 rings (SSSR count). The van der Waals surface area contributed by atoms with Crippen LogP contribution >= 0.6 is 0 Å². The molecule has 0 fully saturated rings. The Morgan fingerprint density at radius 2 is 1.56 bits per heavy atom. The smallest absolute Gasteiger partial charge is 0.274 e. The summed E-state index contributed by atoms with van der Waals surface area (Å²) in [5.74, 6) is -1.43. The third-order valence-corrected chi connectivity index (χ3v) is 4.75. The Kier molecular flexibility index (Phi) is 5.87. The first-order chi connectivity index (χ1) is 15.5. The Morgan fingerprint density at radius 1 is 0.812 bits per heavy atom. The lowest BCUT2D eigenvalue weighted by Gasteiger charge is -2.11. The number of amides is 2. The largest absolute Gasteiger partial charge is 0.507 e. The summed E-state index contributed by atoms with van der Waals surface area (Å²) < 4.78 is 0. The molecule has 0 atom stereocenters. The molecule has 4 N–H and O–H groups in total. The van der Waals surface area contributed by atoms with E-state index in [1.54, 1.807) is 30.0 Å². The number of phenols is 1. The predicted octanol–water partition coefficient (Wildman–Crippen LogP) is 3.89. The van der Waals surface area contributed by atoms with Crippen molar-refractivity contribution >= 4 is 17.6 Å². The lowest BCUT2D eigenvalue weighted by atomic mass is 10.0. The van der Waals surface area contributed by atoms with E-state index in [1.807, 2.05) is 36.4 Å². The first-order valence-electron chi connectivity index (χ1n) is 9.62. The quantitative estimate of drug-likeness (QED) is 0.284. The number of benzene rings is 2. The number of anilines is 1. The number of carbonyl (C=O) groups excluding carboxylic acids is 2. The Hall–Kier alpha value is -4.56. The molecule has 4 aromatic rings. The summed E-state index contributed by atoms with van der Waals surface area (Å²) in [5.41, 5.74) is 4.77. The highest BCUT2D eigenvalue weighted by Gasteiger charge is 2.15. The van der Waals surface area contributed by atoms with E-state index in [0.29, 0.717) is 11.3 Å². The molecule has 0 saturated heterocycles. The zero-order valence-electron chi connectivity index (χ0n) is 16.7. The van der Waals surface area contributed by atoms with E-state index >= 15 is 0 Å². The zero-order chi connectivity index (χ0) is 22.5. The van der Waals surface area contributed by atoms with Crippen LogP contribution in [0.4, 0.5) is 5.82 Å². The number of hydrogen-bond acceptors (Lipinski definition) is 6. The fraction of sp³-hybridized carbons (Fsp3) is 0. The van der Waals surface area contributed by atoms with Crippen LogP contribution in [0.5, 0.6) is 5.75 Å². The molecule has 0 spiro atoms. The topological polar surface area (TPSA) is 124 Å². The number of aromatic hydroxyl groups is 1. The Morgan fingerprint density at radius 3 is 2.25 bits per heavy atom. The van der Waals surface area contributed by atoms with E-state index in [2.05, 4.69) is 15.3 Å². The van der Waals surface area contributed by atoms with Gasteiger partial charge in [-0.05, 0) is 41.5 Å². The van der Waals surface area contributed by atoms with Gasteiger partial charge < -0.3 is 10.4 Å². The number of para-hydroxylation sites is 1. The number of pyridine rings is 2. The number of aromatic nitrogens is 2. The van der Waals surface area contributed by atoms with Crippen LogP contribution in [0.3, 0.4) is 0 Å². The molecule has 8 nitrogen and oxygen atoms in total. The fourth-order valence-corrected chi connectivity index (χ4v) is 3.15. The molecule has 0 bridgehead atoms. The van der Waals surface area contributed by atoms with Crippen molar-refractivity contribution in [3.63, 3.8) is 0 Å². The lowest BCUT2D eigenvalue weighted by Crippen LogP contribution is -2.20. The van der Waals surface area contributed by atoms with Gasteiger partial charge in [-0.3, -0.25) is 19.8 Å². The summed E-state index contributed by atoms with van der Waals surface area (Å²) in [6.07, 6.45) is 3.45.